The summed E-state index contributed by atoms with van der Waals surface area (Å²) in [6.07, 6.45) is 5.61. The van der Waals surface area contributed by atoms with Crippen molar-refractivity contribution in [2.45, 2.75) is 19.2 Å². The number of carbonyl (C=O) groups is 1. The van der Waals surface area contributed by atoms with Gasteiger partial charge in [-0.15, -0.1) is 0 Å². The van der Waals surface area contributed by atoms with Crippen molar-refractivity contribution >= 4 is 14.1 Å². The first kappa shape index (κ1) is 10.3. The minimum Gasteiger partial charge on any atom is -0.327 e. The maximum atomic E-state index is 10.6. The van der Waals surface area contributed by atoms with Gasteiger partial charge >= 0.3 is 0 Å². The predicted octanol–water partition coefficient (Wildman–Crippen LogP) is 0.994. The van der Waals surface area contributed by atoms with Gasteiger partial charge in [-0.2, -0.15) is 0 Å². The molecule has 0 aromatic carbocycles. The van der Waals surface area contributed by atoms with Crippen LogP contribution >= 0.6 is 0 Å². The predicted molar refractivity (Wildman–Crippen MR) is 54.6 cm³/mol. The van der Waals surface area contributed by atoms with E-state index in [2.05, 4.69) is 0 Å². The molecule has 2 nitrogen and oxygen atoms in total. The smallest absolute Gasteiger partial charge is 0.127 e. The summed E-state index contributed by atoms with van der Waals surface area (Å²) in [4.78, 5) is 10.6. The number of hydrogen-bond donors (Lipinski definition) is 1. The molecule has 0 saturated heterocycles. The molecule has 2 N–H and O–H groups in total. The Morgan fingerprint density at radius 2 is 2.54 bits per heavy atom. The average molecular weight is 175 g/mol. The highest BCUT2D eigenvalue weighted by Gasteiger charge is 2.15. The highest BCUT2D eigenvalue weighted by atomic mass is 16.1. The van der Waals surface area contributed by atoms with Gasteiger partial charge in [-0.05, 0) is 12.0 Å². The summed E-state index contributed by atoms with van der Waals surface area (Å²) in [6, 6.07) is 0. The first-order chi connectivity index (χ1) is 6.17. The Balaban J connectivity index is 2.83. The second kappa shape index (κ2) is 4.42. The Bertz CT molecular complexity index is 256. The standard InChI is InChI=1S/C10H14BNO/c1-7(11)10-3-8(5-12)2-9(4-10)6-13/h2-3,6-7,9H,4-5,12H2,1H3. The second-order valence-corrected chi connectivity index (χ2v) is 3.46. The molecule has 0 aliphatic heterocycles. The normalized spacial score (nSPS) is 24.6. The first-order valence-corrected chi connectivity index (χ1v) is 4.49. The largest absolute Gasteiger partial charge is 0.327 e. The van der Waals surface area contributed by atoms with Crippen LogP contribution < -0.4 is 5.73 Å². The van der Waals surface area contributed by atoms with Crippen LogP contribution in [0.25, 0.3) is 0 Å². The van der Waals surface area contributed by atoms with E-state index in [-0.39, 0.29) is 11.7 Å². The van der Waals surface area contributed by atoms with Crippen molar-refractivity contribution in [3.63, 3.8) is 0 Å². The third-order valence-corrected chi connectivity index (χ3v) is 2.27. The van der Waals surface area contributed by atoms with Crippen LogP contribution in [0.2, 0.25) is 5.82 Å². The van der Waals surface area contributed by atoms with Crippen molar-refractivity contribution in [2.75, 3.05) is 6.54 Å². The summed E-state index contributed by atoms with van der Waals surface area (Å²) in [5, 5.41) is 0. The van der Waals surface area contributed by atoms with Gasteiger partial charge < -0.3 is 10.5 Å². The molecule has 3 heteroatoms. The molecular formula is C10H14BNO. The minimum absolute atomic E-state index is 0.0118. The maximum Gasteiger partial charge on any atom is 0.127 e. The van der Waals surface area contributed by atoms with E-state index in [0.29, 0.717) is 6.54 Å². The van der Waals surface area contributed by atoms with E-state index in [1.165, 1.54) is 0 Å². The molecule has 0 saturated carbocycles. The molecule has 1 aliphatic rings. The SMILES string of the molecule is [B]C(C)C1=CC(CN)=CC(C=O)C1. The molecule has 13 heavy (non-hydrogen) atoms. The van der Waals surface area contributed by atoms with Crippen molar-refractivity contribution in [2.24, 2.45) is 11.7 Å². The summed E-state index contributed by atoms with van der Waals surface area (Å²) >= 11 is 0. The van der Waals surface area contributed by atoms with E-state index >= 15 is 0 Å². The van der Waals surface area contributed by atoms with Crippen LogP contribution in [0.5, 0.6) is 0 Å². The molecule has 2 atom stereocenters. The van der Waals surface area contributed by atoms with Crippen molar-refractivity contribution in [3.8, 4) is 0 Å². The van der Waals surface area contributed by atoms with E-state index in [0.717, 1.165) is 23.9 Å². The van der Waals surface area contributed by atoms with E-state index in [1.807, 2.05) is 19.1 Å². The summed E-state index contributed by atoms with van der Waals surface area (Å²) < 4.78 is 0. The topological polar surface area (TPSA) is 43.1 Å². The van der Waals surface area contributed by atoms with Crippen LogP contribution in [0.3, 0.4) is 0 Å². The number of allylic oxidation sites excluding steroid dienone is 2. The minimum atomic E-state index is -0.0375. The van der Waals surface area contributed by atoms with Gasteiger partial charge in [0.25, 0.3) is 0 Å². The lowest BCUT2D eigenvalue weighted by atomic mass is 9.76. The monoisotopic (exact) mass is 175 g/mol. The zero-order chi connectivity index (χ0) is 9.84. The molecule has 0 fully saturated rings. The van der Waals surface area contributed by atoms with E-state index in [1.54, 1.807) is 0 Å². The zero-order valence-corrected chi connectivity index (χ0v) is 7.86. The third-order valence-electron chi connectivity index (χ3n) is 2.27. The molecule has 2 radical (unpaired) electrons. The second-order valence-electron chi connectivity index (χ2n) is 3.46. The summed E-state index contributed by atoms with van der Waals surface area (Å²) in [6.45, 7) is 2.40. The molecular weight excluding hydrogens is 161 g/mol. The number of nitrogens with two attached hydrogens (primary N) is 1. The zero-order valence-electron chi connectivity index (χ0n) is 7.86. The van der Waals surface area contributed by atoms with Crippen LogP contribution in [0.1, 0.15) is 13.3 Å². The van der Waals surface area contributed by atoms with E-state index in [9.17, 15) is 4.79 Å². The molecule has 0 spiro atoms. The lowest BCUT2D eigenvalue weighted by molar-refractivity contribution is -0.109. The highest BCUT2D eigenvalue weighted by molar-refractivity contribution is 6.13. The summed E-state index contributed by atoms with van der Waals surface area (Å²) in [5.41, 5.74) is 7.63. The molecule has 0 aromatic heterocycles. The fraction of sp³-hybridized carbons (Fsp3) is 0.500. The number of carbonyl (C=O) groups excluding carboxylic acids is 1. The average Bonchev–Trinajstić information content (AvgIpc) is 2.16. The maximum absolute atomic E-state index is 10.6. The molecule has 0 amide bonds. The van der Waals surface area contributed by atoms with Gasteiger partial charge in [-0.25, -0.2) is 0 Å². The van der Waals surface area contributed by atoms with Gasteiger partial charge in [-0.1, -0.05) is 30.5 Å². The lowest BCUT2D eigenvalue weighted by Gasteiger charge is -2.20. The number of rotatable bonds is 3. The van der Waals surface area contributed by atoms with Crippen LogP contribution in [0, 0.1) is 5.92 Å². The van der Waals surface area contributed by atoms with Gasteiger partial charge in [0.05, 0.1) is 7.85 Å². The quantitative estimate of drug-likeness (QED) is 0.513. The van der Waals surface area contributed by atoms with Crippen molar-refractivity contribution in [1.82, 2.24) is 0 Å². The molecule has 0 aromatic rings. The van der Waals surface area contributed by atoms with Crippen LogP contribution in [-0.2, 0) is 4.79 Å². The third kappa shape index (κ3) is 2.56. The summed E-state index contributed by atoms with van der Waals surface area (Å²) in [5.74, 6) is -0.0257. The van der Waals surface area contributed by atoms with Crippen LogP contribution in [0.15, 0.2) is 23.3 Å². The molecule has 0 heterocycles. The van der Waals surface area contributed by atoms with Crippen molar-refractivity contribution < 1.29 is 4.79 Å². The van der Waals surface area contributed by atoms with Gasteiger partial charge in [0.15, 0.2) is 0 Å². The van der Waals surface area contributed by atoms with Gasteiger partial charge in [0.1, 0.15) is 6.29 Å². The number of aldehydes is 1. The van der Waals surface area contributed by atoms with Gasteiger partial charge in [0.2, 0.25) is 0 Å². The number of hydrogen-bond acceptors (Lipinski definition) is 2. The lowest BCUT2D eigenvalue weighted by Crippen LogP contribution is -2.13. The highest BCUT2D eigenvalue weighted by Crippen LogP contribution is 2.27. The van der Waals surface area contributed by atoms with Gasteiger partial charge in [0, 0.05) is 12.5 Å². The summed E-state index contributed by atoms with van der Waals surface area (Å²) in [7, 11) is 5.75. The molecule has 68 valence electrons. The molecule has 2 unspecified atom stereocenters. The molecule has 1 rings (SSSR count). The molecule has 1 aliphatic carbocycles. The Hall–Kier alpha value is -0.825. The van der Waals surface area contributed by atoms with Crippen LogP contribution in [-0.4, -0.2) is 20.7 Å². The van der Waals surface area contributed by atoms with E-state index in [4.69, 9.17) is 13.6 Å². The Labute approximate surface area is 80.3 Å². The Morgan fingerprint density at radius 3 is 3.00 bits per heavy atom. The Kier molecular flexibility index (Phi) is 3.49. The Morgan fingerprint density at radius 1 is 1.85 bits per heavy atom. The fourth-order valence-electron chi connectivity index (χ4n) is 1.48. The van der Waals surface area contributed by atoms with E-state index < -0.39 is 0 Å². The first-order valence-electron chi connectivity index (χ1n) is 4.49. The van der Waals surface area contributed by atoms with Crippen molar-refractivity contribution in [1.29, 1.82) is 0 Å². The van der Waals surface area contributed by atoms with Gasteiger partial charge in [-0.3, -0.25) is 0 Å². The van der Waals surface area contributed by atoms with Crippen LogP contribution in [0.4, 0.5) is 0 Å². The van der Waals surface area contributed by atoms with Crippen molar-refractivity contribution in [3.05, 3.63) is 23.3 Å². The fourth-order valence-corrected chi connectivity index (χ4v) is 1.48. The molecule has 0 bridgehead atoms.